The van der Waals surface area contributed by atoms with Crippen LogP contribution in [0.1, 0.15) is 10.4 Å². The summed E-state index contributed by atoms with van der Waals surface area (Å²) in [6, 6.07) is 1.76. The van der Waals surface area contributed by atoms with E-state index < -0.39 is 6.10 Å². The molecule has 1 aromatic rings. The number of hydrogen-bond acceptors (Lipinski definition) is 4. The van der Waals surface area contributed by atoms with Crippen LogP contribution in [0.25, 0.3) is 0 Å². The third kappa shape index (κ3) is 1.99. The zero-order valence-electron chi connectivity index (χ0n) is 8.68. The van der Waals surface area contributed by atoms with Gasteiger partial charge in [-0.2, -0.15) is 0 Å². The van der Waals surface area contributed by atoms with Crippen molar-refractivity contribution in [1.82, 2.24) is 9.88 Å². The van der Waals surface area contributed by atoms with Gasteiger partial charge in [-0.15, -0.1) is 0 Å². The number of aromatic nitrogens is 1. The minimum Gasteiger partial charge on any atom is -0.480 e. The van der Waals surface area contributed by atoms with Crippen molar-refractivity contribution in [3.63, 3.8) is 0 Å². The SMILES string of the molecule is COc1nccc(I)c1C(=O)N1CC(O)C1. The summed E-state index contributed by atoms with van der Waals surface area (Å²) in [5.74, 6) is 0.193. The van der Waals surface area contributed by atoms with Gasteiger partial charge in [-0.1, -0.05) is 0 Å². The summed E-state index contributed by atoms with van der Waals surface area (Å²) >= 11 is 2.07. The number of ether oxygens (including phenoxy) is 1. The van der Waals surface area contributed by atoms with E-state index in [1.54, 1.807) is 17.2 Å². The smallest absolute Gasteiger partial charge is 0.260 e. The van der Waals surface area contributed by atoms with Gasteiger partial charge in [0.15, 0.2) is 0 Å². The van der Waals surface area contributed by atoms with Gasteiger partial charge in [0.1, 0.15) is 5.56 Å². The molecule has 1 saturated heterocycles. The van der Waals surface area contributed by atoms with Crippen molar-refractivity contribution in [3.8, 4) is 5.88 Å². The third-order valence-corrected chi connectivity index (χ3v) is 3.32. The molecule has 0 aromatic carbocycles. The molecular weight excluding hydrogens is 323 g/mol. The van der Waals surface area contributed by atoms with Gasteiger partial charge >= 0.3 is 0 Å². The molecule has 1 aliphatic heterocycles. The lowest BCUT2D eigenvalue weighted by atomic mass is 10.1. The van der Waals surface area contributed by atoms with Crippen LogP contribution in [0.3, 0.4) is 0 Å². The molecule has 1 aromatic heterocycles. The summed E-state index contributed by atoms with van der Waals surface area (Å²) in [4.78, 5) is 17.6. The molecule has 0 spiro atoms. The van der Waals surface area contributed by atoms with Crippen molar-refractivity contribution in [1.29, 1.82) is 0 Å². The summed E-state index contributed by atoms with van der Waals surface area (Å²) < 4.78 is 5.87. The Hall–Kier alpha value is -0.890. The first-order valence-corrected chi connectivity index (χ1v) is 5.87. The standard InChI is InChI=1S/C10H11IN2O3/c1-16-9-8(7(11)2-3-12-9)10(15)13-4-6(14)5-13/h2-3,6,14H,4-5H2,1H3. The number of amides is 1. The highest BCUT2D eigenvalue weighted by molar-refractivity contribution is 14.1. The van der Waals surface area contributed by atoms with Crippen LogP contribution in [0, 0.1) is 3.57 Å². The molecule has 0 radical (unpaired) electrons. The Kier molecular flexibility index (Phi) is 3.29. The van der Waals surface area contributed by atoms with Crippen LogP contribution in [0.2, 0.25) is 0 Å². The number of methoxy groups -OCH3 is 1. The molecule has 1 N–H and O–H groups in total. The second-order valence-electron chi connectivity index (χ2n) is 3.54. The van der Waals surface area contributed by atoms with E-state index in [-0.39, 0.29) is 5.91 Å². The number of aliphatic hydroxyl groups is 1. The van der Waals surface area contributed by atoms with Gasteiger partial charge in [0, 0.05) is 22.9 Å². The van der Waals surface area contributed by atoms with E-state index in [4.69, 9.17) is 9.84 Å². The second kappa shape index (κ2) is 4.54. The predicted molar refractivity (Wildman–Crippen MR) is 65.4 cm³/mol. The second-order valence-corrected chi connectivity index (χ2v) is 4.70. The Morgan fingerprint density at radius 1 is 1.69 bits per heavy atom. The maximum absolute atomic E-state index is 12.1. The van der Waals surface area contributed by atoms with Gasteiger partial charge in [-0.25, -0.2) is 4.98 Å². The molecule has 1 amide bonds. The lowest BCUT2D eigenvalue weighted by molar-refractivity contribution is 0.00557. The Labute approximate surface area is 107 Å². The van der Waals surface area contributed by atoms with Crippen LogP contribution in [0.5, 0.6) is 5.88 Å². The number of likely N-dealkylation sites (tertiary alicyclic amines) is 1. The normalized spacial score (nSPS) is 15.8. The Balaban J connectivity index is 2.28. The maximum atomic E-state index is 12.1. The van der Waals surface area contributed by atoms with Gasteiger partial charge < -0.3 is 14.7 Å². The molecule has 0 bridgehead atoms. The van der Waals surface area contributed by atoms with Gasteiger partial charge in [-0.3, -0.25) is 4.79 Å². The van der Waals surface area contributed by atoms with Crippen LogP contribution < -0.4 is 4.74 Å². The Morgan fingerprint density at radius 2 is 2.38 bits per heavy atom. The van der Waals surface area contributed by atoms with E-state index in [1.807, 2.05) is 0 Å². The van der Waals surface area contributed by atoms with Crippen molar-refractivity contribution in [2.24, 2.45) is 0 Å². The van der Waals surface area contributed by atoms with Gasteiger partial charge in [0.2, 0.25) is 5.88 Å². The van der Waals surface area contributed by atoms with Crippen LogP contribution in [-0.2, 0) is 0 Å². The first-order chi connectivity index (χ1) is 7.63. The van der Waals surface area contributed by atoms with Crippen LogP contribution >= 0.6 is 22.6 Å². The number of hydrogen-bond donors (Lipinski definition) is 1. The zero-order valence-corrected chi connectivity index (χ0v) is 10.8. The Bertz CT molecular complexity index is 419. The highest BCUT2D eigenvalue weighted by Gasteiger charge is 2.32. The molecule has 5 nitrogen and oxygen atoms in total. The monoisotopic (exact) mass is 334 g/mol. The highest BCUT2D eigenvalue weighted by Crippen LogP contribution is 2.24. The van der Waals surface area contributed by atoms with Gasteiger partial charge in [-0.05, 0) is 28.7 Å². The van der Waals surface area contributed by atoms with E-state index in [0.29, 0.717) is 24.5 Å². The molecule has 0 saturated carbocycles. The molecule has 16 heavy (non-hydrogen) atoms. The number of halogens is 1. The lowest BCUT2D eigenvalue weighted by Gasteiger charge is -2.36. The van der Waals surface area contributed by atoms with Crippen molar-refractivity contribution >= 4 is 28.5 Å². The lowest BCUT2D eigenvalue weighted by Crippen LogP contribution is -2.53. The largest absolute Gasteiger partial charge is 0.480 e. The molecule has 0 unspecified atom stereocenters. The van der Waals surface area contributed by atoms with Crippen molar-refractivity contribution < 1.29 is 14.6 Å². The minimum absolute atomic E-state index is 0.139. The molecule has 0 aliphatic carbocycles. The van der Waals surface area contributed by atoms with E-state index in [1.165, 1.54) is 7.11 Å². The quantitative estimate of drug-likeness (QED) is 0.801. The number of carbonyl (C=O) groups is 1. The number of β-amino-alcohol motifs (C(OH)–C–C–N with tert-alkyl or cyclic N) is 1. The van der Waals surface area contributed by atoms with Crippen LogP contribution in [0.4, 0.5) is 0 Å². The van der Waals surface area contributed by atoms with Crippen molar-refractivity contribution in [2.75, 3.05) is 20.2 Å². The average Bonchev–Trinajstić information content (AvgIpc) is 2.23. The van der Waals surface area contributed by atoms with Crippen molar-refractivity contribution in [2.45, 2.75) is 6.10 Å². The summed E-state index contributed by atoms with van der Waals surface area (Å²) in [5, 5.41) is 9.17. The van der Waals surface area contributed by atoms with Crippen LogP contribution in [0.15, 0.2) is 12.3 Å². The van der Waals surface area contributed by atoms with Crippen molar-refractivity contribution in [3.05, 3.63) is 21.4 Å². The minimum atomic E-state index is -0.399. The number of rotatable bonds is 2. The fraction of sp³-hybridized carbons (Fsp3) is 0.400. The molecule has 86 valence electrons. The predicted octanol–water partition coefficient (Wildman–Crippen LogP) is 0.512. The molecule has 2 heterocycles. The maximum Gasteiger partial charge on any atom is 0.260 e. The van der Waals surface area contributed by atoms with E-state index >= 15 is 0 Å². The molecule has 2 rings (SSSR count). The Morgan fingerprint density at radius 3 is 2.94 bits per heavy atom. The summed E-state index contributed by atoms with van der Waals surface area (Å²) in [6.45, 7) is 0.764. The zero-order chi connectivity index (χ0) is 11.7. The summed E-state index contributed by atoms with van der Waals surface area (Å²) in [6.07, 6.45) is 1.20. The molecule has 6 heteroatoms. The van der Waals surface area contributed by atoms with E-state index in [0.717, 1.165) is 3.57 Å². The first kappa shape index (κ1) is 11.6. The fourth-order valence-electron chi connectivity index (χ4n) is 1.55. The van der Waals surface area contributed by atoms with Crippen LogP contribution in [-0.4, -0.2) is 47.2 Å². The molecular formula is C10H11IN2O3. The number of pyridine rings is 1. The average molecular weight is 334 g/mol. The summed E-state index contributed by atoms with van der Waals surface area (Å²) in [5.41, 5.74) is 0.470. The molecule has 1 aliphatic rings. The fourth-order valence-corrected chi connectivity index (χ4v) is 2.17. The third-order valence-electron chi connectivity index (χ3n) is 2.42. The van der Waals surface area contributed by atoms with E-state index in [2.05, 4.69) is 27.6 Å². The number of aliphatic hydroxyl groups excluding tert-OH is 1. The highest BCUT2D eigenvalue weighted by atomic mass is 127. The first-order valence-electron chi connectivity index (χ1n) is 4.79. The van der Waals surface area contributed by atoms with E-state index in [9.17, 15) is 4.79 Å². The molecule has 1 fully saturated rings. The number of carbonyl (C=O) groups excluding carboxylic acids is 1. The van der Waals surface area contributed by atoms with Gasteiger partial charge in [0.05, 0.1) is 13.2 Å². The molecule has 0 atom stereocenters. The summed E-state index contributed by atoms with van der Waals surface area (Å²) in [7, 11) is 1.49. The number of nitrogens with zero attached hydrogens (tertiary/aromatic N) is 2. The topological polar surface area (TPSA) is 62.7 Å². The van der Waals surface area contributed by atoms with Gasteiger partial charge in [0.25, 0.3) is 5.91 Å².